The summed E-state index contributed by atoms with van der Waals surface area (Å²) in [6.45, 7) is 0.939. The van der Waals surface area contributed by atoms with Gasteiger partial charge in [-0.2, -0.15) is 4.72 Å². The molecule has 1 heterocycles. The van der Waals surface area contributed by atoms with Gasteiger partial charge in [0.2, 0.25) is 15.9 Å². The quantitative estimate of drug-likeness (QED) is 0.259. The van der Waals surface area contributed by atoms with Crippen molar-refractivity contribution in [3.63, 3.8) is 0 Å². The lowest BCUT2D eigenvalue weighted by molar-refractivity contribution is -0.133. The highest BCUT2D eigenvalue weighted by Gasteiger charge is 2.31. The molecule has 1 amide bonds. The average molecular weight is 513 g/mol. The van der Waals surface area contributed by atoms with Crippen LogP contribution < -0.4 is 10.5 Å². The molecule has 7 nitrogen and oxygen atoms in total. The van der Waals surface area contributed by atoms with E-state index in [1.807, 2.05) is 48.5 Å². The smallest absolute Gasteiger partial charge is 0.241 e. The maximum atomic E-state index is 13.8. The van der Waals surface area contributed by atoms with E-state index in [-0.39, 0.29) is 23.1 Å². The molecule has 1 aliphatic rings. The van der Waals surface area contributed by atoms with Gasteiger partial charge < -0.3 is 10.6 Å². The van der Waals surface area contributed by atoms with Crippen molar-refractivity contribution < 1.29 is 13.2 Å². The van der Waals surface area contributed by atoms with Crippen LogP contribution in [0.15, 0.2) is 95.9 Å². The third kappa shape index (κ3) is 5.40. The van der Waals surface area contributed by atoms with Gasteiger partial charge in [0.15, 0.2) is 0 Å². The summed E-state index contributed by atoms with van der Waals surface area (Å²) in [5, 5.41) is 9.48. The van der Waals surface area contributed by atoms with Gasteiger partial charge >= 0.3 is 0 Å². The van der Waals surface area contributed by atoms with Crippen molar-refractivity contribution in [2.24, 2.45) is 5.73 Å². The summed E-state index contributed by atoms with van der Waals surface area (Å²) in [5.74, 6) is -0.374. The SMILES string of the molecule is N=C(N)c1cccc(C[C@H](NS(=O)(=O)c2ccc3ccccc3c2)C(=O)N2CCc3ccccc3C2)c1. The van der Waals surface area contributed by atoms with Crippen LogP contribution in [0.5, 0.6) is 0 Å². The van der Waals surface area contributed by atoms with E-state index in [0.717, 1.165) is 16.3 Å². The number of nitrogens with zero attached hydrogens (tertiary/aromatic N) is 1. The third-order valence-corrected chi connectivity index (χ3v) is 8.22. The minimum absolute atomic E-state index is 0.0888. The van der Waals surface area contributed by atoms with Crippen molar-refractivity contribution in [3.05, 3.63) is 113 Å². The molecule has 0 aromatic heterocycles. The maximum Gasteiger partial charge on any atom is 0.241 e. The van der Waals surface area contributed by atoms with Crippen molar-refractivity contribution >= 4 is 32.5 Å². The van der Waals surface area contributed by atoms with Crippen molar-refractivity contribution in [1.29, 1.82) is 5.41 Å². The van der Waals surface area contributed by atoms with Gasteiger partial charge in [0.25, 0.3) is 0 Å². The molecular weight excluding hydrogens is 484 g/mol. The summed E-state index contributed by atoms with van der Waals surface area (Å²) < 4.78 is 29.7. The third-order valence-electron chi connectivity index (χ3n) is 6.75. The molecule has 1 atom stereocenters. The molecule has 0 spiro atoms. The molecule has 188 valence electrons. The van der Waals surface area contributed by atoms with E-state index in [9.17, 15) is 13.2 Å². The normalized spacial score (nSPS) is 14.2. The number of rotatable bonds is 7. The van der Waals surface area contributed by atoms with Crippen molar-refractivity contribution in [2.75, 3.05) is 6.54 Å². The predicted molar refractivity (Wildman–Crippen MR) is 145 cm³/mol. The second kappa shape index (κ2) is 10.2. The van der Waals surface area contributed by atoms with Crippen LogP contribution in [0.3, 0.4) is 0 Å². The summed E-state index contributed by atoms with van der Waals surface area (Å²) in [5.41, 5.74) is 9.16. The van der Waals surface area contributed by atoms with Crippen LogP contribution in [0, 0.1) is 5.41 Å². The summed E-state index contributed by atoms with van der Waals surface area (Å²) in [6.07, 6.45) is 0.844. The minimum Gasteiger partial charge on any atom is -0.384 e. The summed E-state index contributed by atoms with van der Waals surface area (Å²) in [6, 6.07) is 26.4. The lowest BCUT2D eigenvalue weighted by atomic mass is 9.98. The van der Waals surface area contributed by atoms with Crippen LogP contribution in [0.2, 0.25) is 0 Å². The molecule has 8 heteroatoms. The lowest BCUT2D eigenvalue weighted by Gasteiger charge is -2.32. The van der Waals surface area contributed by atoms with Crippen LogP contribution in [-0.2, 0) is 34.2 Å². The van der Waals surface area contributed by atoms with E-state index in [2.05, 4.69) is 10.8 Å². The van der Waals surface area contributed by atoms with Crippen LogP contribution >= 0.6 is 0 Å². The Hall–Kier alpha value is -4.01. The average Bonchev–Trinajstić information content (AvgIpc) is 2.91. The highest BCUT2D eigenvalue weighted by molar-refractivity contribution is 7.89. The molecule has 4 N–H and O–H groups in total. The highest BCUT2D eigenvalue weighted by atomic mass is 32.2. The second-order valence-electron chi connectivity index (χ2n) is 9.28. The van der Waals surface area contributed by atoms with E-state index in [1.165, 1.54) is 5.56 Å². The number of amidine groups is 1. The zero-order chi connectivity index (χ0) is 26.0. The largest absolute Gasteiger partial charge is 0.384 e. The fraction of sp³-hybridized carbons (Fsp3) is 0.172. The number of nitrogens with one attached hydrogen (secondary N) is 2. The van der Waals surface area contributed by atoms with Crippen LogP contribution in [0.4, 0.5) is 0 Å². The minimum atomic E-state index is -4.01. The number of hydrogen-bond acceptors (Lipinski definition) is 4. The number of sulfonamides is 1. The first kappa shape index (κ1) is 24.7. The molecule has 37 heavy (non-hydrogen) atoms. The molecule has 0 unspecified atom stereocenters. The molecule has 0 saturated heterocycles. The van der Waals surface area contributed by atoms with Gasteiger partial charge in [0, 0.05) is 18.7 Å². The Morgan fingerprint density at radius 1 is 0.919 bits per heavy atom. The number of carbonyl (C=O) groups is 1. The molecule has 4 aromatic rings. The predicted octanol–water partition coefficient (Wildman–Crippen LogP) is 3.60. The standard InChI is InChI=1S/C29H28N4O3S/c30-28(31)24-11-5-6-20(16-24)17-27(29(34)33-15-14-22-8-2-4-10-25(22)19-33)32-37(35,36)26-13-12-21-7-1-3-9-23(21)18-26/h1-13,16,18,27,32H,14-15,17,19H2,(H3,30,31)/t27-/m0/s1. The highest BCUT2D eigenvalue weighted by Crippen LogP contribution is 2.22. The van der Waals surface area contributed by atoms with E-state index in [4.69, 9.17) is 11.1 Å². The fourth-order valence-electron chi connectivity index (χ4n) is 4.78. The summed E-state index contributed by atoms with van der Waals surface area (Å²) in [4.78, 5) is 15.6. The van der Waals surface area contributed by atoms with Gasteiger partial charge in [-0.3, -0.25) is 10.2 Å². The second-order valence-corrected chi connectivity index (χ2v) is 11.0. The zero-order valence-electron chi connectivity index (χ0n) is 20.2. The van der Waals surface area contributed by atoms with Crippen molar-refractivity contribution in [2.45, 2.75) is 30.3 Å². The first-order valence-corrected chi connectivity index (χ1v) is 13.6. The van der Waals surface area contributed by atoms with Crippen LogP contribution in [0.1, 0.15) is 22.3 Å². The first-order chi connectivity index (χ1) is 17.8. The number of carbonyl (C=O) groups excluding carboxylic acids is 1. The Balaban J connectivity index is 1.46. The van der Waals surface area contributed by atoms with E-state index in [1.54, 1.807) is 41.3 Å². The van der Waals surface area contributed by atoms with E-state index < -0.39 is 16.1 Å². The van der Waals surface area contributed by atoms with Gasteiger partial charge in [0.1, 0.15) is 11.9 Å². The Kier molecular flexibility index (Phi) is 6.78. The number of amides is 1. The molecule has 0 bridgehead atoms. The van der Waals surface area contributed by atoms with Crippen molar-refractivity contribution in [1.82, 2.24) is 9.62 Å². The summed E-state index contributed by atoms with van der Waals surface area (Å²) >= 11 is 0. The number of fused-ring (bicyclic) bond motifs is 2. The molecule has 0 aliphatic carbocycles. The molecule has 0 saturated carbocycles. The van der Waals surface area contributed by atoms with Crippen molar-refractivity contribution in [3.8, 4) is 0 Å². The first-order valence-electron chi connectivity index (χ1n) is 12.1. The molecular formula is C29H28N4O3S. The lowest BCUT2D eigenvalue weighted by Crippen LogP contribution is -2.50. The van der Waals surface area contributed by atoms with Gasteiger partial charge in [-0.05, 0) is 58.5 Å². The topological polar surface area (TPSA) is 116 Å². The maximum absolute atomic E-state index is 13.8. The molecule has 1 aliphatic heterocycles. The fourth-order valence-corrected chi connectivity index (χ4v) is 6.00. The Bertz CT molecular complexity index is 1600. The van der Waals surface area contributed by atoms with Gasteiger partial charge in [0.05, 0.1) is 4.90 Å². The van der Waals surface area contributed by atoms with Gasteiger partial charge in [-0.15, -0.1) is 0 Å². The molecule has 0 fully saturated rings. The Morgan fingerprint density at radius 2 is 1.65 bits per heavy atom. The zero-order valence-corrected chi connectivity index (χ0v) is 21.0. The van der Waals surface area contributed by atoms with E-state index >= 15 is 0 Å². The molecule has 5 rings (SSSR count). The molecule has 0 radical (unpaired) electrons. The Labute approximate surface area is 216 Å². The number of nitrogens with two attached hydrogens (primary N) is 1. The van der Waals surface area contributed by atoms with E-state index in [0.29, 0.717) is 30.6 Å². The van der Waals surface area contributed by atoms with Gasteiger partial charge in [-0.1, -0.05) is 72.8 Å². The van der Waals surface area contributed by atoms with Gasteiger partial charge in [-0.25, -0.2) is 8.42 Å². The number of hydrogen-bond donors (Lipinski definition) is 3. The molecule has 4 aromatic carbocycles. The number of nitrogen functional groups attached to an aromatic ring is 1. The monoisotopic (exact) mass is 512 g/mol. The number of benzene rings is 4. The summed E-state index contributed by atoms with van der Waals surface area (Å²) in [7, 11) is -4.01. The van der Waals surface area contributed by atoms with Crippen LogP contribution in [0.25, 0.3) is 10.8 Å². The Morgan fingerprint density at radius 3 is 2.43 bits per heavy atom. The van der Waals surface area contributed by atoms with Crippen LogP contribution in [-0.4, -0.2) is 37.6 Å².